The molecule has 0 aliphatic heterocycles. The van der Waals surface area contributed by atoms with Crippen molar-refractivity contribution in [3.05, 3.63) is 47.2 Å². The van der Waals surface area contributed by atoms with Crippen LogP contribution in [0, 0.1) is 0 Å². The summed E-state index contributed by atoms with van der Waals surface area (Å²) in [4.78, 5) is 15.4. The van der Waals surface area contributed by atoms with E-state index in [4.69, 9.17) is 0 Å². The van der Waals surface area contributed by atoms with Gasteiger partial charge in [0.25, 0.3) is 0 Å². The Morgan fingerprint density at radius 3 is 2.11 bits per heavy atom. The van der Waals surface area contributed by atoms with Gasteiger partial charge in [-0.2, -0.15) is 13.2 Å². The third-order valence-corrected chi connectivity index (χ3v) is 3.91. The fourth-order valence-corrected chi connectivity index (χ4v) is 2.64. The Labute approximate surface area is 148 Å². The minimum Gasteiger partial charge on any atom is -0.478 e. The molecule has 27 heavy (non-hydrogen) atoms. The van der Waals surface area contributed by atoms with E-state index < -0.39 is 35.4 Å². The molecule has 3 rings (SSSR count). The van der Waals surface area contributed by atoms with Crippen LogP contribution in [0.4, 0.5) is 26.3 Å². The zero-order valence-electron chi connectivity index (χ0n) is 13.4. The SMILES string of the molecule is O=C(O)c1c(C(F)(F)F)cc(-c2ccc(OC(F)(F)F)cc2)nc1C1CC1. The minimum atomic E-state index is -4.92. The second kappa shape index (κ2) is 6.43. The van der Waals surface area contributed by atoms with Gasteiger partial charge in [-0.15, -0.1) is 13.2 Å². The molecule has 10 heteroatoms. The molecule has 1 fully saturated rings. The van der Waals surface area contributed by atoms with Crippen molar-refractivity contribution < 1.29 is 41.0 Å². The molecule has 0 spiro atoms. The Morgan fingerprint density at radius 2 is 1.67 bits per heavy atom. The minimum absolute atomic E-state index is 0.105. The number of nitrogens with zero attached hydrogens (tertiary/aromatic N) is 1. The number of carboxylic acids is 1. The lowest BCUT2D eigenvalue weighted by Crippen LogP contribution is -2.17. The van der Waals surface area contributed by atoms with E-state index in [1.54, 1.807) is 0 Å². The average Bonchev–Trinajstić information content (AvgIpc) is 3.36. The van der Waals surface area contributed by atoms with Crippen LogP contribution in [0.15, 0.2) is 30.3 Å². The summed E-state index contributed by atoms with van der Waals surface area (Å²) >= 11 is 0. The smallest absolute Gasteiger partial charge is 0.478 e. The van der Waals surface area contributed by atoms with Crippen molar-refractivity contribution in [3.63, 3.8) is 0 Å². The summed E-state index contributed by atoms with van der Waals surface area (Å²) in [7, 11) is 0. The molecule has 1 aromatic heterocycles. The maximum atomic E-state index is 13.4. The summed E-state index contributed by atoms with van der Waals surface area (Å²) in [6.45, 7) is 0. The summed E-state index contributed by atoms with van der Waals surface area (Å²) in [5.41, 5.74) is -2.45. The van der Waals surface area contributed by atoms with Crippen molar-refractivity contribution in [2.75, 3.05) is 0 Å². The molecule has 0 saturated heterocycles. The Balaban J connectivity index is 2.08. The van der Waals surface area contributed by atoms with Gasteiger partial charge in [-0.25, -0.2) is 4.79 Å². The summed E-state index contributed by atoms with van der Waals surface area (Å²) in [6.07, 6.45) is -8.78. The number of benzene rings is 1. The maximum Gasteiger partial charge on any atom is 0.573 e. The van der Waals surface area contributed by atoms with Crippen LogP contribution in [0.25, 0.3) is 11.3 Å². The molecular weight excluding hydrogens is 380 g/mol. The van der Waals surface area contributed by atoms with Gasteiger partial charge >= 0.3 is 18.5 Å². The first-order valence-electron chi connectivity index (χ1n) is 7.67. The molecule has 0 radical (unpaired) electrons. The molecule has 0 bridgehead atoms. The predicted octanol–water partition coefficient (Wildman–Crippen LogP) is 5.24. The molecule has 1 N–H and O–H groups in total. The monoisotopic (exact) mass is 391 g/mol. The molecule has 1 saturated carbocycles. The number of hydrogen-bond donors (Lipinski definition) is 1. The van der Waals surface area contributed by atoms with Crippen LogP contribution in [0.3, 0.4) is 0 Å². The highest BCUT2D eigenvalue weighted by Crippen LogP contribution is 2.45. The Bertz CT molecular complexity index is 870. The predicted molar refractivity (Wildman–Crippen MR) is 80.3 cm³/mol. The van der Waals surface area contributed by atoms with E-state index in [1.165, 1.54) is 0 Å². The lowest BCUT2D eigenvalue weighted by Gasteiger charge is -2.16. The van der Waals surface area contributed by atoms with Gasteiger partial charge in [0.05, 0.1) is 22.5 Å². The number of carbonyl (C=O) groups is 1. The highest BCUT2D eigenvalue weighted by molar-refractivity contribution is 5.92. The average molecular weight is 391 g/mol. The van der Waals surface area contributed by atoms with Gasteiger partial charge in [0.2, 0.25) is 0 Å². The van der Waals surface area contributed by atoms with Crippen LogP contribution in [-0.4, -0.2) is 22.4 Å². The molecule has 1 aliphatic carbocycles. The lowest BCUT2D eigenvalue weighted by atomic mass is 9.99. The number of halogens is 6. The Morgan fingerprint density at radius 1 is 1.07 bits per heavy atom. The molecule has 2 aromatic rings. The van der Waals surface area contributed by atoms with E-state index in [-0.39, 0.29) is 22.9 Å². The Hall–Kier alpha value is -2.78. The van der Waals surface area contributed by atoms with Crippen LogP contribution in [-0.2, 0) is 6.18 Å². The van der Waals surface area contributed by atoms with Gasteiger partial charge < -0.3 is 9.84 Å². The topological polar surface area (TPSA) is 59.4 Å². The number of pyridine rings is 1. The molecular formula is C17H11F6NO3. The van der Waals surface area contributed by atoms with Gasteiger partial charge in [0.1, 0.15) is 5.75 Å². The van der Waals surface area contributed by atoms with Crippen molar-refractivity contribution in [1.29, 1.82) is 0 Å². The molecule has 144 valence electrons. The zero-order valence-corrected chi connectivity index (χ0v) is 13.4. The normalized spacial score (nSPS) is 14.9. The summed E-state index contributed by atoms with van der Waals surface area (Å²) in [6, 6.07) is 4.73. The molecule has 1 aliphatic rings. The first kappa shape index (κ1) is 19.0. The number of rotatable bonds is 4. The third kappa shape index (κ3) is 4.32. The summed E-state index contributed by atoms with van der Waals surface area (Å²) in [5.74, 6) is -2.64. The lowest BCUT2D eigenvalue weighted by molar-refractivity contribution is -0.274. The van der Waals surface area contributed by atoms with E-state index in [0.717, 1.165) is 24.3 Å². The van der Waals surface area contributed by atoms with Crippen LogP contribution >= 0.6 is 0 Å². The fourth-order valence-electron chi connectivity index (χ4n) is 2.64. The largest absolute Gasteiger partial charge is 0.573 e. The summed E-state index contributed by atoms with van der Waals surface area (Å²) in [5, 5.41) is 9.23. The number of aromatic nitrogens is 1. The van der Waals surface area contributed by atoms with E-state index in [9.17, 15) is 36.2 Å². The van der Waals surface area contributed by atoms with Crippen molar-refractivity contribution in [2.45, 2.75) is 31.3 Å². The quantitative estimate of drug-likeness (QED) is 0.724. The number of carboxylic acid groups (broad SMARTS) is 1. The van der Waals surface area contributed by atoms with Crippen molar-refractivity contribution in [2.24, 2.45) is 0 Å². The van der Waals surface area contributed by atoms with Crippen molar-refractivity contribution in [3.8, 4) is 17.0 Å². The number of aromatic carboxylic acids is 1. The van der Waals surface area contributed by atoms with E-state index in [0.29, 0.717) is 18.9 Å². The van der Waals surface area contributed by atoms with Crippen LogP contribution in [0.2, 0.25) is 0 Å². The second-order valence-electron chi connectivity index (χ2n) is 5.96. The molecule has 1 heterocycles. The second-order valence-corrected chi connectivity index (χ2v) is 5.96. The van der Waals surface area contributed by atoms with Crippen LogP contribution < -0.4 is 4.74 Å². The van der Waals surface area contributed by atoms with Crippen LogP contribution in [0.5, 0.6) is 5.75 Å². The van der Waals surface area contributed by atoms with E-state index in [2.05, 4.69) is 9.72 Å². The molecule has 0 amide bonds. The first-order chi connectivity index (χ1) is 12.5. The number of alkyl halides is 6. The van der Waals surface area contributed by atoms with Crippen molar-refractivity contribution in [1.82, 2.24) is 4.98 Å². The van der Waals surface area contributed by atoms with E-state index in [1.807, 2.05) is 0 Å². The van der Waals surface area contributed by atoms with Gasteiger partial charge in [-0.3, -0.25) is 4.98 Å². The molecule has 4 nitrogen and oxygen atoms in total. The zero-order chi connectivity index (χ0) is 20.0. The van der Waals surface area contributed by atoms with Crippen LogP contribution in [0.1, 0.15) is 40.4 Å². The van der Waals surface area contributed by atoms with Gasteiger partial charge in [0, 0.05) is 11.5 Å². The van der Waals surface area contributed by atoms with Gasteiger partial charge in [-0.1, -0.05) is 0 Å². The number of ether oxygens (including phenoxy) is 1. The molecule has 0 unspecified atom stereocenters. The standard InChI is InChI=1S/C17H11F6NO3/c18-16(19,20)11-7-12(24-14(9-1-2-9)13(11)15(25)26)8-3-5-10(6-4-8)27-17(21,22)23/h3-7,9H,1-2H2,(H,25,26). The summed E-state index contributed by atoms with van der Waals surface area (Å²) < 4.78 is 80.5. The molecule has 1 aromatic carbocycles. The van der Waals surface area contributed by atoms with Gasteiger partial charge in [-0.05, 0) is 43.2 Å². The number of hydrogen-bond acceptors (Lipinski definition) is 3. The highest BCUT2D eigenvalue weighted by atomic mass is 19.4. The highest BCUT2D eigenvalue weighted by Gasteiger charge is 2.41. The van der Waals surface area contributed by atoms with Crippen molar-refractivity contribution >= 4 is 5.97 Å². The van der Waals surface area contributed by atoms with E-state index >= 15 is 0 Å². The first-order valence-corrected chi connectivity index (χ1v) is 7.67. The third-order valence-electron chi connectivity index (χ3n) is 3.91. The fraction of sp³-hybridized carbons (Fsp3) is 0.294. The molecule has 0 atom stereocenters. The van der Waals surface area contributed by atoms with Gasteiger partial charge in [0.15, 0.2) is 0 Å². The Kier molecular flexibility index (Phi) is 4.52. The maximum absolute atomic E-state index is 13.4.